The van der Waals surface area contributed by atoms with E-state index < -0.39 is 40.4 Å². The van der Waals surface area contributed by atoms with Gasteiger partial charge >= 0.3 is 11.9 Å². The van der Waals surface area contributed by atoms with Gasteiger partial charge in [0.25, 0.3) is 5.69 Å². The number of esters is 2. The Balaban J connectivity index is 1.94. The maximum absolute atomic E-state index is 14.4. The van der Waals surface area contributed by atoms with Gasteiger partial charge < -0.3 is 19.5 Å². The van der Waals surface area contributed by atoms with Crippen molar-refractivity contribution in [2.45, 2.75) is 39.0 Å². The summed E-state index contributed by atoms with van der Waals surface area (Å²) in [5.41, 5.74) is 1.77. The second-order valence-electron chi connectivity index (χ2n) is 9.35. The lowest BCUT2D eigenvalue weighted by atomic mass is 9.67. The van der Waals surface area contributed by atoms with Crippen LogP contribution in [-0.4, -0.2) is 43.0 Å². The monoisotopic (exact) mass is 568 g/mol. The molecule has 2 aromatic rings. The Morgan fingerprint density at radius 1 is 1.10 bits per heavy atom. The van der Waals surface area contributed by atoms with Crippen LogP contribution in [0.2, 0.25) is 5.02 Å². The topological polar surface area (TPSA) is 134 Å². The number of nitrogens with zero attached hydrogens (tertiary/aromatic N) is 1. The van der Waals surface area contributed by atoms with E-state index in [0.29, 0.717) is 17.1 Å². The molecule has 0 bridgehead atoms. The number of methoxy groups -OCH3 is 1. The van der Waals surface area contributed by atoms with Gasteiger partial charge in [-0.25, -0.2) is 4.79 Å². The van der Waals surface area contributed by atoms with Gasteiger partial charge in [-0.1, -0.05) is 23.7 Å². The van der Waals surface area contributed by atoms with Crippen LogP contribution in [0, 0.1) is 16.0 Å². The van der Waals surface area contributed by atoms with Crippen molar-refractivity contribution in [2.75, 3.05) is 20.3 Å². The van der Waals surface area contributed by atoms with Gasteiger partial charge in [-0.2, -0.15) is 0 Å². The number of nitro benzene ring substituents is 1. The van der Waals surface area contributed by atoms with Gasteiger partial charge in [0.2, 0.25) is 0 Å². The Kier molecular flexibility index (Phi) is 8.58. The van der Waals surface area contributed by atoms with Crippen LogP contribution in [0.25, 0.3) is 0 Å². The smallest absolute Gasteiger partial charge is 0.336 e. The number of dihydropyridines is 1. The molecule has 0 amide bonds. The van der Waals surface area contributed by atoms with Crippen LogP contribution in [0.1, 0.15) is 50.2 Å². The van der Waals surface area contributed by atoms with E-state index in [1.807, 2.05) is 0 Å². The van der Waals surface area contributed by atoms with Crippen molar-refractivity contribution >= 4 is 35.0 Å². The summed E-state index contributed by atoms with van der Waals surface area (Å²) in [4.78, 5) is 51.9. The van der Waals surface area contributed by atoms with Crippen LogP contribution >= 0.6 is 11.6 Å². The van der Waals surface area contributed by atoms with Crippen molar-refractivity contribution in [1.82, 2.24) is 5.32 Å². The first-order chi connectivity index (χ1) is 19.1. The Hall–Kier alpha value is -4.18. The summed E-state index contributed by atoms with van der Waals surface area (Å²) >= 11 is 6.55. The van der Waals surface area contributed by atoms with Gasteiger partial charge in [-0.15, -0.1) is 0 Å². The number of benzene rings is 2. The van der Waals surface area contributed by atoms with E-state index >= 15 is 0 Å². The fourth-order valence-electron chi connectivity index (χ4n) is 5.36. The number of ether oxygens (including phenoxy) is 3. The normalized spacial score (nSPS) is 20.4. The van der Waals surface area contributed by atoms with Crippen LogP contribution in [0.3, 0.4) is 0 Å². The van der Waals surface area contributed by atoms with Gasteiger partial charge in [0.1, 0.15) is 11.7 Å². The number of ketones is 1. The number of non-ortho nitro benzene ring substituents is 1. The number of Topliss-reactive ketones (excluding diaryl/α,β-unsaturated/α-hetero) is 1. The molecule has 0 fully saturated rings. The predicted octanol–water partition coefficient (Wildman–Crippen LogP) is 4.97. The van der Waals surface area contributed by atoms with E-state index in [4.69, 9.17) is 25.8 Å². The number of rotatable bonds is 8. The minimum absolute atomic E-state index is 0.0648. The molecule has 1 aliphatic heterocycles. The zero-order chi connectivity index (χ0) is 29.1. The lowest BCUT2D eigenvalue weighted by molar-refractivity contribution is -0.384. The molecule has 0 radical (unpaired) electrons. The summed E-state index contributed by atoms with van der Waals surface area (Å²) in [7, 11) is 1.54. The molecule has 210 valence electrons. The Bertz CT molecular complexity index is 1430. The van der Waals surface area contributed by atoms with Crippen molar-refractivity contribution in [2.24, 2.45) is 5.92 Å². The number of halogens is 1. The van der Waals surface area contributed by atoms with Crippen molar-refractivity contribution in [3.63, 3.8) is 0 Å². The van der Waals surface area contributed by atoms with Crippen LogP contribution in [0.4, 0.5) is 5.69 Å². The maximum atomic E-state index is 14.4. The fourth-order valence-corrected chi connectivity index (χ4v) is 5.58. The summed E-state index contributed by atoms with van der Waals surface area (Å²) in [5.74, 6) is -4.26. The van der Waals surface area contributed by atoms with E-state index in [2.05, 4.69) is 5.32 Å². The number of hydrogen-bond donors (Lipinski definition) is 1. The van der Waals surface area contributed by atoms with E-state index in [0.717, 1.165) is 5.56 Å². The second kappa shape index (κ2) is 11.9. The summed E-state index contributed by atoms with van der Waals surface area (Å²) < 4.78 is 15.9. The first kappa shape index (κ1) is 28.8. The summed E-state index contributed by atoms with van der Waals surface area (Å²) in [6.07, 6.45) is 0.230. The largest absolute Gasteiger partial charge is 0.497 e. The molecule has 1 aliphatic carbocycles. The summed E-state index contributed by atoms with van der Waals surface area (Å²) in [5, 5.41) is 14.9. The molecule has 1 N–H and O–H groups in total. The first-order valence-corrected chi connectivity index (χ1v) is 13.2. The molecule has 2 aliphatic rings. The Morgan fingerprint density at radius 2 is 1.77 bits per heavy atom. The average Bonchev–Trinajstić information content (AvgIpc) is 2.92. The van der Waals surface area contributed by atoms with Crippen LogP contribution in [0.5, 0.6) is 5.75 Å². The molecule has 3 unspecified atom stereocenters. The highest BCUT2D eigenvalue weighted by Crippen LogP contribution is 2.49. The SMILES string of the molecule is CCOC(=O)C1=C(C)NC2=C(C(=O)C(C(=O)OCC)C(c3ccc(OC)cc3)C2)C1c1cc([N+](=O)[O-])ccc1Cl. The predicted molar refractivity (Wildman–Crippen MR) is 146 cm³/mol. The van der Waals surface area contributed by atoms with Crippen LogP contribution < -0.4 is 10.1 Å². The number of carbonyl (C=O) groups is 3. The molecule has 10 nitrogen and oxygen atoms in total. The molecule has 40 heavy (non-hydrogen) atoms. The molecule has 0 aromatic heterocycles. The molecular formula is C29H29ClN2O8. The van der Waals surface area contributed by atoms with E-state index in [1.54, 1.807) is 52.1 Å². The van der Waals surface area contributed by atoms with Gasteiger partial charge in [0.15, 0.2) is 5.78 Å². The summed E-state index contributed by atoms with van der Waals surface area (Å²) in [6.45, 7) is 5.09. The minimum atomic E-state index is -1.23. The number of nitrogens with one attached hydrogen (secondary N) is 1. The Morgan fingerprint density at radius 3 is 2.38 bits per heavy atom. The van der Waals surface area contributed by atoms with Gasteiger partial charge in [0.05, 0.1) is 30.8 Å². The standard InChI is InChI=1S/C29H29ClN2O8/c1-5-39-28(34)23-15(3)31-22-14-19(16-7-10-18(38-4)11-8-16)25(29(35)40-6-2)27(33)26(22)24(23)20-13-17(32(36)37)9-12-21(20)30/h7-13,19,24-25,31H,5-6,14H2,1-4H3. The lowest BCUT2D eigenvalue weighted by Crippen LogP contribution is -2.43. The van der Waals surface area contributed by atoms with Gasteiger partial charge in [-0.3, -0.25) is 19.7 Å². The summed E-state index contributed by atoms with van der Waals surface area (Å²) in [6, 6.07) is 10.9. The van der Waals surface area contributed by atoms with Crippen molar-refractivity contribution < 1.29 is 33.5 Å². The highest BCUT2D eigenvalue weighted by atomic mass is 35.5. The maximum Gasteiger partial charge on any atom is 0.336 e. The average molecular weight is 569 g/mol. The molecule has 0 saturated carbocycles. The number of nitro groups is 1. The number of carbonyl (C=O) groups excluding carboxylic acids is 3. The third-order valence-electron chi connectivity index (χ3n) is 7.10. The first-order valence-electron chi connectivity index (χ1n) is 12.8. The van der Waals surface area contributed by atoms with Gasteiger partial charge in [0, 0.05) is 46.0 Å². The molecule has 2 aromatic carbocycles. The Labute approximate surface area is 236 Å². The molecule has 0 spiro atoms. The van der Waals surface area contributed by atoms with Crippen molar-refractivity contribution in [1.29, 1.82) is 0 Å². The third kappa shape index (κ3) is 5.31. The molecule has 0 saturated heterocycles. The van der Waals surface area contributed by atoms with Crippen LogP contribution in [-0.2, 0) is 23.9 Å². The molecule has 4 rings (SSSR count). The number of allylic oxidation sites excluding steroid dienone is 3. The molecule has 3 atom stereocenters. The molecule has 11 heteroatoms. The molecular weight excluding hydrogens is 540 g/mol. The quantitative estimate of drug-likeness (QED) is 0.203. The van der Waals surface area contributed by atoms with Crippen LogP contribution in [0.15, 0.2) is 65.0 Å². The van der Waals surface area contributed by atoms with E-state index in [9.17, 15) is 24.5 Å². The van der Waals surface area contributed by atoms with E-state index in [-0.39, 0.29) is 47.1 Å². The highest BCUT2D eigenvalue weighted by Gasteiger charge is 2.49. The number of hydrogen-bond acceptors (Lipinski definition) is 9. The minimum Gasteiger partial charge on any atom is -0.497 e. The second-order valence-corrected chi connectivity index (χ2v) is 9.76. The van der Waals surface area contributed by atoms with Crippen molar-refractivity contribution in [3.8, 4) is 5.75 Å². The zero-order valence-corrected chi connectivity index (χ0v) is 23.2. The van der Waals surface area contributed by atoms with Gasteiger partial charge in [-0.05, 0) is 56.5 Å². The zero-order valence-electron chi connectivity index (χ0n) is 22.5. The fraction of sp³-hybridized carbons (Fsp3) is 0.345. The highest BCUT2D eigenvalue weighted by molar-refractivity contribution is 6.31. The third-order valence-corrected chi connectivity index (χ3v) is 7.44. The molecule has 1 heterocycles. The van der Waals surface area contributed by atoms with Crippen molar-refractivity contribution in [3.05, 3.63) is 91.3 Å². The van der Waals surface area contributed by atoms with E-state index in [1.165, 1.54) is 18.2 Å². The lowest BCUT2D eigenvalue weighted by Gasteiger charge is -2.39.